The first kappa shape index (κ1) is 25.0. The van der Waals surface area contributed by atoms with E-state index in [1.165, 1.54) is 11.8 Å². The van der Waals surface area contributed by atoms with Crippen LogP contribution in [0, 0.1) is 0 Å². The first-order chi connectivity index (χ1) is 12.8. The topological polar surface area (TPSA) is 40.1 Å². The van der Waals surface area contributed by atoms with Gasteiger partial charge in [-0.05, 0) is 25.0 Å². The van der Waals surface area contributed by atoms with Gasteiger partial charge in [-0.15, -0.1) is 24.0 Å². The molecular weight excluding hydrogens is 484 g/mol. The Kier molecular flexibility index (Phi) is 10.5. The first-order valence-corrected chi connectivity index (χ1v) is 9.26. The SMILES string of the molecule is CCNC(=NCc1cccc(COC)c1)N1CCN(C(C)C(F)(F)F)CC1.I. The Labute approximate surface area is 182 Å². The molecule has 1 aromatic carbocycles. The van der Waals surface area contributed by atoms with Crippen LogP contribution in [0.3, 0.4) is 0 Å². The maximum absolute atomic E-state index is 12.9. The minimum Gasteiger partial charge on any atom is -0.380 e. The van der Waals surface area contributed by atoms with E-state index in [2.05, 4.69) is 16.4 Å². The third-order valence-corrected chi connectivity index (χ3v) is 4.68. The van der Waals surface area contributed by atoms with Gasteiger partial charge in [0, 0.05) is 39.8 Å². The predicted octanol–water partition coefficient (Wildman–Crippen LogP) is 3.48. The summed E-state index contributed by atoms with van der Waals surface area (Å²) in [5.74, 6) is 0.744. The van der Waals surface area contributed by atoms with Crippen molar-refractivity contribution in [1.82, 2.24) is 15.1 Å². The number of hydrogen-bond donors (Lipinski definition) is 1. The molecule has 1 atom stereocenters. The number of piperazine rings is 1. The highest BCUT2D eigenvalue weighted by atomic mass is 127. The highest BCUT2D eigenvalue weighted by Gasteiger charge is 2.41. The largest absolute Gasteiger partial charge is 0.403 e. The van der Waals surface area contributed by atoms with Crippen LogP contribution >= 0.6 is 24.0 Å². The van der Waals surface area contributed by atoms with Crippen LogP contribution in [0.5, 0.6) is 0 Å². The number of ether oxygens (including phenoxy) is 1. The molecule has 0 amide bonds. The summed E-state index contributed by atoms with van der Waals surface area (Å²) in [6.45, 7) is 6.77. The smallest absolute Gasteiger partial charge is 0.380 e. The lowest BCUT2D eigenvalue weighted by Crippen LogP contribution is -2.56. The normalized spacial score (nSPS) is 17.2. The lowest BCUT2D eigenvalue weighted by Gasteiger charge is -2.39. The second kappa shape index (κ2) is 11.8. The highest BCUT2D eigenvalue weighted by molar-refractivity contribution is 14.0. The monoisotopic (exact) mass is 514 g/mol. The average Bonchev–Trinajstić information content (AvgIpc) is 2.64. The first-order valence-electron chi connectivity index (χ1n) is 9.26. The van der Waals surface area contributed by atoms with Gasteiger partial charge >= 0.3 is 6.18 Å². The summed E-state index contributed by atoms with van der Waals surface area (Å²) < 4.78 is 43.9. The third kappa shape index (κ3) is 7.40. The molecule has 28 heavy (non-hydrogen) atoms. The highest BCUT2D eigenvalue weighted by Crippen LogP contribution is 2.25. The minimum atomic E-state index is -4.19. The zero-order valence-electron chi connectivity index (χ0n) is 16.6. The number of nitrogens with zero attached hydrogens (tertiary/aromatic N) is 3. The fourth-order valence-electron chi connectivity index (χ4n) is 3.10. The standard InChI is InChI=1S/C19H29F3N4O.HI/c1-4-23-18(24-13-16-6-5-7-17(12-16)14-27-3)26-10-8-25(9-11-26)15(2)19(20,21)22;/h5-7,12,15H,4,8-11,13-14H2,1-3H3,(H,23,24);1H. The third-order valence-electron chi connectivity index (χ3n) is 4.68. The number of guanidine groups is 1. The number of alkyl halides is 3. The van der Waals surface area contributed by atoms with Gasteiger partial charge in [-0.1, -0.05) is 24.3 Å². The van der Waals surface area contributed by atoms with Gasteiger partial charge in [-0.2, -0.15) is 13.2 Å². The molecule has 1 fully saturated rings. The van der Waals surface area contributed by atoms with E-state index in [4.69, 9.17) is 4.74 Å². The van der Waals surface area contributed by atoms with Crippen LogP contribution in [0.25, 0.3) is 0 Å². The van der Waals surface area contributed by atoms with E-state index in [9.17, 15) is 13.2 Å². The van der Waals surface area contributed by atoms with Crippen molar-refractivity contribution in [3.05, 3.63) is 35.4 Å². The van der Waals surface area contributed by atoms with E-state index in [-0.39, 0.29) is 24.0 Å². The summed E-state index contributed by atoms with van der Waals surface area (Å²) in [6, 6.07) is 6.63. The van der Waals surface area contributed by atoms with Gasteiger partial charge in [0.1, 0.15) is 6.04 Å². The quantitative estimate of drug-likeness (QED) is 0.359. The van der Waals surface area contributed by atoms with Crippen molar-refractivity contribution in [2.24, 2.45) is 4.99 Å². The Hall–Kier alpha value is -1.07. The van der Waals surface area contributed by atoms with Crippen molar-refractivity contribution in [2.45, 2.75) is 39.2 Å². The number of hydrogen-bond acceptors (Lipinski definition) is 3. The van der Waals surface area contributed by atoms with Gasteiger partial charge in [0.25, 0.3) is 0 Å². The Morgan fingerprint density at radius 3 is 2.43 bits per heavy atom. The molecule has 0 bridgehead atoms. The van der Waals surface area contributed by atoms with Gasteiger partial charge in [0.05, 0.1) is 13.2 Å². The zero-order valence-corrected chi connectivity index (χ0v) is 19.0. The molecule has 160 valence electrons. The summed E-state index contributed by atoms with van der Waals surface area (Å²) in [5, 5.41) is 3.25. The second-order valence-electron chi connectivity index (χ2n) is 6.66. The van der Waals surface area contributed by atoms with Crippen molar-refractivity contribution < 1.29 is 17.9 Å². The van der Waals surface area contributed by atoms with Crippen molar-refractivity contribution in [3.63, 3.8) is 0 Å². The van der Waals surface area contributed by atoms with Gasteiger partial charge in [-0.3, -0.25) is 4.90 Å². The Bertz CT molecular complexity index is 619. The molecule has 0 radical (unpaired) electrons. The van der Waals surface area contributed by atoms with E-state index >= 15 is 0 Å². The molecule has 2 rings (SSSR count). The van der Waals surface area contributed by atoms with E-state index in [0.717, 1.165) is 17.1 Å². The molecule has 1 heterocycles. The van der Waals surface area contributed by atoms with Crippen molar-refractivity contribution in [2.75, 3.05) is 39.8 Å². The van der Waals surface area contributed by atoms with E-state index in [1.54, 1.807) is 7.11 Å². The molecule has 1 N–H and O–H groups in total. The predicted molar refractivity (Wildman–Crippen MR) is 116 cm³/mol. The van der Waals surface area contributed by atoms with Crippen LogP contribution in [0.2, 0.25) is 0 Å². The van der Waals surface area contributed by atoms with Crippen LogP contribution in [-0.2, 0) is 17.9 Å². The summed E-state index contributed by atoms with van der Waals surface area (Å²) in [4.78, 5) is 8.19. The van der Waals surface area contributed by atoms with Crippen molar-refractivity contribution >= 4 is 29.9 Å². The fraction of sp³-hybridized carbons (Fsp3) is 0.632. The molecule has 1 unspecified atom stereocenters. The maximum Gasteiger partial charge on any atom is 0.403 e. The number of halogens is 4. The maximum atomic E-state index is 12.9. The molecule has 5 nitrogen and oxygen atoms in total. The van der Waals surface area contributed by atoms with Gasteiger partial charge < -0.3 is 15.0 Å². The number of methoxy groups -OCH3 is 1. The Balaban J connectivity index is 0.00000392. The molecule has 0 saturated carbocycles. The average molecular weight is 514 g/mol. The van der Waals surface area contributed by atoms with Gasteiger partial charge in [0.15, 0.2) is 5.96 Å². The molecular formula is C19H30F3IN4O. The number of nitrogens with one attached hydrogen (secondary N) is 1. The molecule has 9 heteroatoms. The molecule has 1 aliphatic rings. The van der Waals surface area contributed by atoms with Crippen molar-refractivity contribution in [1.29, 1.82) is 0 Å². The molecule has 1 aliphatic heterocycles. The van der Waals surface area contributed by atoms with Crippen LogP contribution < -0.4 is 5.32 Å². The zero-order chi connectivity index (χ0) is 19.9. The Morgan fingerprint density at radius 1 is 1.21 bits per heavy atom. The fourth-order valence-corrected chi connectivity index (χ4v) is 3.10. The Morgan fingerprint density at radius 2 is 1.86 bits per heavy atom. The number of aliphatic imine (C=N–C) groups is 1. The lowest BCUT2D eigenvalue weighted by atomic mass is 10.1. The summed E-state index contributed by atoms with van der Waals surface area (Å²) in [5.41, 5.74) is 2.16. The van der Waals surface area contributed by atoms with Gasteiger partial charge in [-0.25, -0.2) is 4.99 Å². The van der Waals surface area contributed by atoms with E-state index < -0.39 is 12.2 Å². The second-order valence-corrected chi connectivity index (χ2v) is 6.66. The van der Waals surface area contributed by atoms with Crippen LogP contribution in [0.4, 0.5) is 13.2 Å². The van der Waals surface area contributed by atoms with E-state index in [0.29, 0.717) is 45.9 Å². The summed E-state index contributed by atoms with van der Waals surface area (Å²) in [7, 11) is 1.66. The summed E-state index contributed by atoms with van der Waals surface area (Å²) in [6.07, 6.45) is -4.19. The van der Waals surface area contributed by atoms with E-state index in [1.807, 2.05) is 30.0 Å². The molecule has 0 aliphatic carbocycles. The molecule has 1 aromatic rings. The van der Waals surface area contributed by atoms with Crippen LogP contribution in [0.15, 0.2) is 29.3 Å². The number of benzene rings is 1. The molecule has 1 saturated heterocycles. The van der Waals surface area contributed by atoms with Crippen molar-refractivity contribution in [3.8, 4) is 0 Å². The molecule has 0 aromatic heterocycles. The minimum absolute atomic E-state index is 0. The lowest BCUT2D eigenvalue weighted by molar-refractivity contribution is -0.181. The summed E-state index contributed by atoms with van der Waals surface area (Å²) >= 11 is 0. The molecule has 0 spiro atoms. The number of rotatable bonds is 6. The van der Waals surface area contributed by atoms with Crippen LogP contribution in [-0.4, -0.2) is 67.8 Å². The van der Waals surface area contributed by atoms with Crippen LogP contribution in [0.1, 0.15) is 25.0 Å². The van der Waals surface area contributed by atoms with Gasteiger partial charge in [0.2, 0.25) is 0 Å².